The van der Waals surface area contributed by atoms with Gasteiger partial charge in [0.25, 0.3) is 0 Å². The fourth-order valence-electron chi connectivity index (χ4n) is 1.80. The van der Waals surface area contributed by atoms with Gasteiger partial charge in [0.2, 0.25) is 0 Å². The predicted octanol–water partition coefficient (Wildman–Crippen LogP) is 5.11. The summed E-state index contributed by atoms with van der Waals surface area (Å²) in [6, 6.07) is 17.6. The van der Waals surface area contributed by atoms with Gasteiger partial charge >= 0.3 is 0 Å². The number of hydrogen-bond acceptors (Lipinski definition) is 3. The lowest BCUT2D eigenvalue weighted by molar-refractivity contribution is 1.12. The third-order valence-corrected chi connectivity index (χ3v) is 3.45. The van der Waals surface area contributed by atoms with Gasteiger partial charge in [-0.3, -0.25) is 10.4 Å². The first-order valence-corrected chi connectivity index (χ1v) is 6.88. The number of fused-ring (bicyclic) bond motifs is 1. The molecule has 0 spiro atoms. The minimum atomic E-state index is 0.772. The molecule has 5 heteroatoms. The summed E-state index contributed by atoms with van der Waals surface area (Å²) in [6.45, 7) is 0. The molecular formula is C15H11BrN4. The van der Waals surface area contributed by atoms with Gasteiger partial charge in [-0.05, 0) is 40.2 Å². The largest absolute Gasteiger partial charge is 0.258 e. The van der Waals surface area contributed by atoms with Crippen molar-refractivity contribution in [2.75, 3.05) is 5.43 Å². The lowest BCUT2D eigenvalue weighted by Gasteiger charge is -2.01. The summed E-state index contributed by atoms with van der Waals surface area (Å²) < 4.78 is 0.905. The Morgan fingerprint density at radius 2 is 1.80 bits per heavy atom. The molecule has 0 bridgehead atoms. The second-order valence-electron chi connectivity index (χ2n) is 4.18. The number of pyridine rings is 1. The van der Waals surface area contributed by atoms with Crippen molar-refractivity contribution in [2.45, 2.75) is 0 Å². The number of nitrogens with one attached hydrogen (secondary N) is 1. The SMILES string of the molecule is Brc1ccccc1N=NNc1cnc2ccccc2c1. The summed E-state index contributed by atoms with van der Waals surface area (Å²) in [5.74, 6) is 0. The highest BCUT2D eigenvalue weighted by Crippen LogP contribution is 2.24. The Morgan fingerprint density at radius 3 is 2.70 bits per heavy atom. The average Bonchev–Trinajstić information content (AvgIpc) is 2.49. The number of rotatable bonds is 3. The van der Waals surface area contributed by atoms with Gasteiger partial charge in [0.1, 0.15) is 5.69 Å². The summed E-state index contributed by atoms with van der Waals surface area (Å²) in [4.78, 5) is 4.35. The lowest BCUT2D eigenvalue weighted by Crippen LogP contribution is -1.88. The molecule has 2 aromatic carbocycles. The standard InChI is InChI=1S/C15H11BrN4/c16-13-6-2-4-8-15(13)19-20-18-12-9-11-5-1-3-7-14(11)17-10-12/h1-10H,(H,18,19). The minimum absolute atomic E-state index is 0.772. The van der Waals surface area contributed by atoms with E-state index in [-0.39, 0.29) is 0 Å². The molecule has 0 aliphatic heterocycles. The zero-order valence-electron chi connectivity index (χ0n) is 10.5. The number of benzene rings is 2. The summed E-state index contributed by atoms with van der Waals surface area (Å²) in [7, 11) is 0. The fraction of sp³-hybridized carbons (Fsp3) is 0. The maximum atomic E-state index is 4.35. The van der Waals surface area contributed by atoms with E-state index in [1.54, 1.807) is 6.20 Å². The van der Waals surface area contributed by atoms with Crippen LogP contribution in [-0.2, 0) is 0 Å². The highest BCUT2D eigenvalue weighted by Gasteiger charge is 1.97. The molecule has 0 radical (unpaired) electrons. The molecule has 0 fully saturated rings. The Morgan fingerprint density at radius 1 is 1.00 bits per heavy atom. The maximum Gasteiger partial charge on any atom is 0.102 e. The summed E-state index contributed by atoms with van der Waals surface area (Å²) in [5, 5.41) is 9.17. The molecule has 1 heterocycles. The van der Waals surface area contributed by atoms with Gasteiger partial charge in [-0.2, -0.15) is 0 Å². The number of hydrogen-bond donors (Lipinski definition) is 1. The number of nitrogens with zero attached hydrogens (tertiary/aromatic N) is 3. The molecule has 1 N–H and O–H groups in total. The molecule has 0 saturated carbocycles. The molecule has 98 valence electrons. The van der Waals surface area contributed by atoms with Crippen molar-refractivity contribution in [2.24, 2.45) is 10.3 Å². The monoisotopic (exact) mass is 326 g/mol. The molecule has 0 aliphatic carbocycles. The zero-order valence-corrected chi connectivity index (χ0v) is 12.1. The van der Waals surface area contributed by atoms with Gasteiger partial charge in [-0.1, -0.05) is 35.6 Å². The fourth-order valence-corrected chi connectivity index (χ4v) is 2.17. The molecule has 0 saturated heterocycles. The second-order valence-corrected chi connectivity index (χ2v) is 5.03. The van der Waals surface area contributed by atoms with E-state index in [2.05, 4.69) is 36.7 Å². The minimum Gasteiger partial charge on any atom is -0.258 e. The molecule has 20 heavy (non-hydrogen) atoms. The summed E-state index contributed by atoms with van der Waals surface area (Å²) in [5.41, 5.74) is 5.42. The Hall–Kier alpha value is -2.27. The Balaban J connectivity index is 1.78. The molecule has 0 atom stereocenters. The maximum absolute atomic E-state index is 4.35. The topological polar surface area (TPSA) is 49.6 Å². The zero-order chi connectivity index (χ0) is 13.8. The van der Waals surface area contributed by atoms with Crippen LogP contribution in [0.25, 0.3) is 10.9 Å². The first-order chi connectivity index (χ1) is 9.83. The van der Waals surface area contributed by atoms with Crippen LogP contribution in [0.3, 0.4) is 0 Å². The van der Waals surface area contributed by atoms with E-state index < -0.39 is 0 Å². The normalized spacial score (nSPS) is 11.1. The lowest BCUT2D eigenvalue weighted by atomic mass is 10.2. The van der Waals surface area contributed by atoms with Crippen molar-refractivity contribution in [3.8, 4) is 0 Å². The van der Waals surface area contributed by atoms with E-state index in [0.29, 0.717) is 0 Å². The van der Waals surface area contributed by atoms with Crippen LogP contribution < -0.4 is 5.43 Å². The predicted molar refractivity (Wildman–Crippen MR) is 84.0 cm³/mol. The highest BCUT2D eigenvalue weighted by molar-refractivity contribution is 9.10. The third kappa shape index (κ3) is 2.83. The van der Waals surface area contributed by atoms with E-state index in [4.69, 9.17) is 0 Å². The molecule has 1 aromatic heterocycles. The first-order valence-electron chi connectivity index (χ1n) is 6.09. The van der Waals surface area contributed by atoms with Gasteiger partial charge in [-0.25, -0.2) is 0 Å². The molecule has 3 aromatic rings. The smallest absolute Gasteiger partial charge is 0.102 e. The Labute approximate surface area is 124 Å². The van der Waals surface area contributed by atoms with E-state index in [0.717, 1.165) is 26.8 Å². The first kappa shape index (κ1) is 12.7. The van der Waals surface area contributed by atoms with Crippen LogP contribution in [0.15, 0.2) is 75.6 Å². The van der Waals surface area contributed by atoms with Crippen molar-refractivity contribution < 1.29 is 0 Å². The van der Waals surface area contributed by atoms with E-state index in [9.17, 15) is 0 Å². The van der Waals surface area contributed by atoms with Crippen molar-refractivity contribution in [3.05, 3.63) is 65.3 Å². The quantitative estimate of drug-likeness (QED) is 0.537. The van der Waals surface area contributed by atoms with Crippen LogP contribution in [0.4, 0.5) is 11.4 Å². The summed E-state index contributed by atoms with van der Waals surface area (Å²) >= 11 is 3.42. The van der Waals surface area contributed by atoms with Gasteiger partial charge < -0.3 is 0 Å². The van der Waals surface area contributed by atoms with Crippen molar-refractivity contribution in [1.82, 2.24) is 4.98 Å². The van der Waals surface area contributed by atoms with Gasteiger partial charge in [0, 0.05) is 9.86 Å². The van der Waals surface area contributed by atoms with Crippen LogP contribution >= 0.6 is 15.9 Å². The van der Waals surface area contributed by atoms with Crippen LogP contribution in [0.2, 0.25) is 0 Å². The molecule has 0 amide bonds. The second kappa shape index (κ2) is 5.79. The van der Waals surface area contributed by atoms with Crippen molar-refractivity contribution in [1.29, 1.82) is 0 Å². The molecule has 4 nitrogen and oxygen atoms in total. The van der Waals surface area contributed by atoms with Crippen LogP contribution in [0, 0.1) is 0 Å². The van der Waals surface area contributed by atoms with Crippen molar-refractivity contribution in [3.63, 3.8) is 0 Å². The Bertz CT molecular complexity index is 770. The summed E-state index contributed by atoms with van der Waals surface area (Å²) in [6.07, 6.45) is 1.74. The van der Waals surface area contributed by atoms with Crippen molar-refractivity contribution >= 4 is 38.2 Å². The number of halogens is 1. The van der Waals surface area contributed by atoms with Crippen LogP contribution in [0.5, 0.6) is 0 Å². The van der Waals surface area contributed by atoms with Gasteiger partial charge in [0.15, 0.2) is 0 Å². The van der Waals surface area contributed by atoms with Gasteiger partial charge in [-0.15, -0.1) is 5.11 Å². The van der Waals surface area contributed by atoms with Crippen LogP contribution in [-0.4, -0.2) is 4.98 Å². The molecule has 3 rings (SSSR count). The molecular weight excluding hydrogens is 316 g/mol. The Kier molecular flexibility index (Phi) is 3.69. The number of anilines is 1. The van der Waals surface area contributed by atoms with Crippen LogP contribution in [0.1, 0.15) is 0 Å². The number of para-hydroxylation sites is 1. The third-order valence-electron chi connectivity index (χ3n) is 2.78. The molecule has 0 unspecified atom stereocenters. The van der Waals surface area contributed by atoms with E-state index >= 15 is 0 Å². The highest BCUT2D eigenvalue weighted by atomic mass is 79.9. The number of aromatic nitrogens is 1. The van der Waals surface area contributed by atoms with E-state index in [1.807, 2.05) is 54.6 Å². The van der Waals surface area contributed by atoms with Gasteiger partial charge in [0.05, 0.1) is 17.4 Å². The average molecular weight is 327 g/mol. The molecule has 0 aliphatic rings. The van der Waals surface area contributed by atoms with E-state index in [1.165, 1.54) is 0 Å².